The summed E-state index contributed by atoms with van der Waals surface area (Å²) in [6.07, 6.45) is 3.94. The lowest BCUT2D eigenvalue weighted by molar-refractivity contribution is -0.133. The summed E-state index contributed by atoms with van der Waals surface area (Å²) in [6.45, 7) is 2.44. The number of methoxy groups -OCH3 is 1. The molecule has 2 aromatic rings. The highest BCUT2D eigenvalue weighted by molar-refractivity contribution is 5.95. The topological polar surface area (TPSA) is 61.9 Å². The number of aryl methyl sites for hydroxylation is 1. The van der Waals surface area contributed by atoms with E-state index in [-0.39, 0.29) is 23.3 Å². The molecule has 32 heavy (non-hydrogen) atoms. The Morgan fingerprint density at radius 2 is 1.75 bits per heavy atom. The maximum absolute atomic E-state index is 12.9. The number of nitrogens with zero attached hydrogens (tertiary/aromatic N) is 2. The zero-order chi connectivity index (χ0) is 22.6. The molecule has 1 spiro atoms. The second-order valence-electron chi connectivity index (χ2n) is 9.18. The van der Waals surface area contributed by atoms with Crippen molar-refractivity contribution in [1.82, 2.24) is 9.80 Å². The van der Waals surface area contributed by atoms with Crippen molar-refractivity contribution >= 4 is 17.5 Å². The minimum atomic E-state index is -0.122. The van der Waals surface area contributed by atoms with Crippen LogP contribution in [0.2, 0.25) is 0 Å². The fourth-order valence-corrected chi connectivity index (χ4v) is 5.21. The van der Waals surface area contributed by atoms with Crippen LogP contribution in [0.15, 0.2) is 54.6 Å². The van der Waals surface area contributed by atoms with Gasteiger partial charge in [-0.2, -0.15) is 0 Å². The Morgan fingerprint density at radius 3 is 2.47 bits per heavy atom. The summed E-state index contributed by atoms with van der Waals surface area (Å²) in [5.41, 5.74) is 2.02. The zero-order valence-electron chi connectivity index (χ0n) is 19.0. The van der Waals surface area contributed by atoms with Crippen molar-refractivity contribution in [2.24, 2.45) is 5.41 Å². The maximum atomic E-state index is 12.9. The van der Waals surface area contributed by atoms with Crippen LogP contribution in [0.1, 0.15) is 31.2 Å². The smallest absolute Gasteiger partial charge is 0.241 e. The molecular formula is C26H33N3O3. The molecule has 0 aromatic heterocycles. The molecule has 1 atom stereocenters. The van der Waals surface area contributed by atoms with Crippen LogP contribution in [0.3, 0.4) is 0 Å². The number of benzene rings is 2. The number of likely N-dealkylation sites (N-methyl/N-ethyl adjacent to an activating group) is 1. The first-order valence-corrected chi connectivity index (χ1v) is 11.5. The molecule has 2 aliphatic rings. The first kappa shape index (κ1) is 22.3. The van der Waals surface area contributed by atoms with Gasteiger partial charge >= 0.3 is 0 Å². The molecule has 1 unspecified atom stereocenters. The van der Waals surface area contributed by atoms with Crippen molar-refractivity contribution in [1.29, 1.82) is 0 Å². The summed E-state index contributed by atoms with van der Waals surface area (Å²) in [5.74, 6) is 1.10. The molecule has 170 valence electrons. The lowest BCUT2D eigenvalue weighted by Gasteiger charge is -2.39. The van der Waals surface area contributed by atoms with Gasteiger partial charge in [0.15, 0.2) is 0 Å². The zero-order valence-corrected chi connectivity index (χ0v) is 19.0. The van der Waals surface area contributed by atoms with Crippen molar-refractivity contribution in [3.05, 3.63) is 60.2 Å². The van der Waals surface area contributed by atoms with Gasteiger partial charge in [-0.05, 0) is 61.9 Å². The van der Waals surface area contributed by atoms with E-state index in [1.54, 1.807) is 7.11 Å². The van der Waals surface area contributed by atoms with E-state index in [0.717, 1.165) is 55.9 Å². The summed E-state index contributed by atoms with van der Waals surface area (Å²) >= 11 is 0. The molecule has 6 nitrogen and oxygen atoms in total. The Hall–Kier alpha value is -2.86. The highest BCUT2D eigenvalue weighted by Crippen LogP contribution is 2.43. The third-order valence-corrected chi connectivity index (χ3v) is 7.06. The Kier molecular flexibility index (Phi) is 6.80. The third-order valence-electron chi connectivity index (χ3n) is 7.06. The number of piperidine rings is 1. The van der Waals surface area contributed by atoms with Crippen molar-refractivity contribution in [2.45, 2.75) is 38.1 Å². The number of ether oxygens (including phenoxy) is 1. The first-order valence-electron chi connectivity index (χ1n) is 11.5. The van der Waals surface area contributed by atoms with Gasteiger partial charge in [0.1, 0.15) is 5.75 Å². The maximum Gasteiger partial charge on any atom is 0.241 e. The minimum absolute atomic E-state index is 0.0610. The van der Waals surface area contributed by atoms with E-state index < -0.39 is 0 Å². The molecule has 4 rings (SSSR count). The number of carbonyl (C=O) groups is 2. The normalized spacial score (nSPS) is 20.3. The van der Waals surface area contributed by atoms with Crippen LogP contribution in [0.5, 0.6) is 5.75 Å². The Balaban J connectivity index is 1.29. The van der Waals surface area contributed by atoms with Crippen LogP contribution < -0.4 is 10.1 Å². The monoisotopic (exact) mass is 435 g/mol. The molecule has 2 saturated heterocycles. The third kappa shape index (κ3) is 4.96. The van der Waals surface area contributed by atoms with Gasteiger partial charge in [0.25, 0.3) is 0 Å². The van der Waals surface area contributed by atoms with Gasteiger partial charge in [-0.15, -0.1) is 0 Å². The Morgan fingerprint density at radius 1 is 1.06 bits per heavy atom. The average Bonchev–Trinajstić information content (AvgIpc) is 3.14. The van der Waals surface area contributed by atoms with E-state index in [1.165, 1.54) is 0 Å². The van der Waals surface area contributed by atoms with Crippen LogP contribution in [-0.2, 0) is 16.0 Å². The van der Waals surface area contributed by atoms with Crippen LogP contribution in [0, 0.1) is 5.41 Å². The molecule has 0 radical (unpaired) electrons. The predicted octanol–water partition coefficient (Wildman–Crippen LogP) is 3.58. The van der Waals surface area contributed by atoms with Crippen LogP contribution >= 0.6 is 0 Å². The van der Waals surface area contributed by atoms with Crippen molar-refractivity contribution in [2.75, 3.05) is 39.1 Å². The fraction of sp³-hybridized carbons (Fsp3) is 0.462. The second-order valence-corrected chi connectivity index (χ2v) is 9.18. The van der Waals surface area contributed by atoms with E-state index >= 15 is 0 Å². The molecule has 1 N–H and O–H groups in total. The first-order chi connectivity index (χ1) is 15.5. The van der Waals surface area contributed by atoms with Crippen molar-refractivity contribution < 1.29 is 14.3 Å². The van der Waals surface area contributed by atoms with Crippen LogP contribution in [-0.4, -0.2) is 61.4 Å². The van der Waals surface area contributed by atoms with Crippen LogP contribution in [0.4, 0.5) is 5.69 Å². The number of likely N-dealkylation sites (tertiary alicyclic amines) is 2. The largest absolute Gasteiger partial charge is 0.496 e. The summed E-state index contributed by atoms with van der Waals surface area (Å²) < 4.78 is 5.40. The van der Waals surface area contributed by atoms with E-state index in [9.17, 15) is 9.59 Å². The van der Waals surface area contributed by atoms with Gasteiger partial charge in [-0.1, -0.05) is 36.4 Å². The molecule has 0 bridgehead atoms. The Labute approximate surface area is 190 Å². The highest BCUT2D eigenvalue weighted by atomic mass is 16.5. The lowest BCUT2D eigenvalue weighted by Crippen LogP contribution is -2.44. The molecule has 0 aliphatic carbocycles. The molecule has 2 fully saturated rings. The van der Waals surface area contributed by atoms with E-state index in [4.69, 9.17) is 4.74 Å². The van der Waals surface area contributed by atoms with Crippen molar-refractivity contribution in [3.63, 3.8) is 0 Å². The van der Waals surface area contributed by atoms with Crippen molar-refractivity contribution in [3.8, 4) is 5.75 Å². The van der Waals surface area contributed by atoms with Gasteiger partial charge in [-0.25, -0.2) is 0 Å². The van der Waals surface area contributed by atoms with Gasteiger partial charge in [-0.3, -0.25) is 14.5 Å². The van der Waals surface area contributed by atoms with Gasteiger partial charge in [0.05, 0.1) is 13.2 Å². The number of carbonyl (C=O) groups excluding carboxylic acids is 2. The molecule has 6 heteroatoms. The second kappa shape index (κ2) is 9.74. The lowest BCUT2D eigenvalue weighted by atomic mass is 9.76. The summed E-state index contributed by atoms with van der Waals surface area (Å²) in [4.78, 5) is 29.9. The van der Waals surface area contributed by atoms with Gasteiger partial charge in [0.2, 0.25) is 11.8 Å². The standard InChI is InChI=1S/C26H33N3O3/c1-28-19-26(18-22(28)25(31)27-21-9-4-3-5-10-21)14-16-29(17-15-26)24(30)13-12-20-8-6-7-11-23(20)32-2/h3-11,22H,12-19H2,1-2H3,(H,27,31). The van der Waals surface area contributed by atoms with E-state index in [2.05, 4.69) is 10.2 Å². The number of rotatable bonds is 6. The number of nitrogens with one attached hydrogen (secondary N) is 1. The van der Waals surface area contributed by atoms with Gasteiger partial charge < -0.3 is 15.0 Å². The van der Waals surface area contributed by atoms with E-state index in [1.807, 2.05) is 66.5 Å². The summed E-state index contributed by atoms with van der Waals surface area (Å²) in [5, 5.41) is 3.05. The predicted molar refractivity (Wildman–Crippen MR) is 126 cm³/mol. The van der Waals surface area contributed by atoms with Crippen LogP contribution in [0.25, 0.3) is 0 Å². The number of hydrogen-bond donors (Lipinski definition) is 1. The molecule has 0 saturated carbocycles. The molecule has 2 aromatic carbocycles. The summed E-state index contributed by atoms with van der Waals surface area (Å²) in [6, 6.07) is 17.4. The van der Waals surface area contributed by atoms with E-state index in [0.29, 0.717) is 12.8 Å². The minimum Gasteiger partial charge on any atom is -0.496 e. The average molecular weight is 436 g/mol. The van der Waals surface area contributed by atoms with Gasteiger partial charge in [0, 0.05) is 31.7 Å². The molecule has 2 amide bonds. The number of amides is 2. The highest BCUT2D eigenvalue weighted by Gasteiger charge is 2.47. The summed E-state index contributed by atoms with van der Waals surface area (Å²) in [7, 11) is 3.70. The fourth-order valence-electron chi connectivity index (χ4n) is 5.21. The molecule has 2 aliphatic heterocycles. The number of hydrogen-bond acceptors (Lipinski definition) is 4. The number of anilines is 1. The molecule has 2 heterocycles. The SMILES string of the molecule is COc1ccccc1CCC(=O)N1CCC2(CC1)CC(C(=O)Nc1ccccc1)N(C)C2. The number of para-hydroxylation sites is 2. The molecular weight excluding hydrogens is 402 g/mol. The Bertz CT molecular complexity index is 938. The quantitative estimate of drug-likeness (QED) is 0.753.